The van der Waals surface area contributed by atoms with E-state index in [2.05, 4.69) is 31.0 Å². The average Bonchev–Trinajstić information content (AvgIpc) is 2.68. The lowest BCUT2D eigenvalue weighted by molar-refractivity contribution is 0.476. The summed E-state index contributed by atoms with van der Waals surface area (Å²) in [5.41, 5.74) is 5.73. The Hall–Kier alpha value is -3.53. The molecule has 0 saturated carbocycles. The van der Waals surface area contributed by atoms with Gasteiger partial charge in [-0.15, -0.1) is 0 Å². The Morgan fingerprint density at radius 2 is 1.18 bits per heavy atom. The third-order valence-corrected chi connectivity index (χ3v) is 4.68. The molecule has 3 aromatic carbocycles. The van der Waals surface area contributed by atoms with Gasteiger partial charge in [-0.3, -0.25) is 0 Å². The largest absolute Gasteiger partial charge is 0.507 e. The summed E-state index contributed by atoms with van der Waals surface area (Å²) in [5.74, 6) is 1.81. The summed E-state index contributed by atoms with van der Waals surface area (Å²) in [6.45, 7) is 6.06. The first kappa shape index (κ1) is 17.9. The highest BCUT2D eigenvalue weighted by Gasteiger charge is 2.15. The number of aromatic hydroxyl groups is 1. The molecule has 28 heavy (non-hydrogen) atoms. The van der Waals surface area contributed by atoms with Gasteiger partial charge in [0, 0.05) is 11.1 Å². The number of nitrogens with zero attached hydrogens (tertiary/aromatic N) is 3. The van der Waals surface area contributed by atoms with E-state index in [4.69, 9.17) is 9.97 Å². The minimum absolute atomic E-state index is 0.164. The minimum Gasteiger partial charge on any atom is -0.507 e. The summed E-state index contributed by atoms with van der Waals surface area (Å²) in [5, 5.41) is 10.5. The van der Waals surface area contributed by atoms with E-state index in [1.54, 1.807) is 6.07 Å². The molecule has 0 bridgehead atoms. The number of rotatable bonds is 3. The molecule has 0 aliphatic carbocycles. The summed E-state index contributed by atoms with van der Waals surface area (Å²) in [4.78, 5) is 14.1. The van der Waals surface area contributed by atoms with Gasteiger partial charge < -0.3 is 5.11 Å². The summed E-state index contributed by atoms with van der Waals surface area (Å²) in [7, 11) is 0. The molecule has 138 valence electrons. The second kappa shape index (κ2) is 7.24. The molecule has 1 aromatic heterocycles. The Bertz CT molecular complexity index is 1080. The zero-order valence-electron chi connectivity index (χ0n) is 16.1. The third-order valence-electron chi connectivity index (χ3n) is 4.68. The lowest BCUT2D eigenvalue weighted by atomic mass is 10.0. The van der Waals surface area contributed by atoms with E-state index >= 15 is 0 Å². The van der Waals surface area contributed by atoms with Crippen LogP contribution in [0.1, 0.15) is 16.7 Å². The van der Waals surface area contributed by atoms with Crippen molar-refractivity contribution >= 4 is 0 Å². The quantitative estimate of drug-likeness (QED) is 0.519. The molecule has 1 heterocycles. The van der Waals surface area contributed by atoms with Crippen molar-refractivity contribution in [3.8, 4) is 39.9 Å². The first-order valence-corrected chi connectivity index (χ1v) is 9.20. The molecule has 0 saturated heterocycles. The highest BCUT2D eigenvalue weighted by molar-refractivity contribution is 5.71. The number of hydrogen-bond donors (Lipinski definition) is 1. The molecular weight excluding hydrogens is 346 g/mol. The van der Waals surface area contributed by atoms with Crippen molar-refractivity contribution in [2.75, 3.05) is 0 Å². The molecule has 0 atom stereocenters. The van der Waals surface area contributed by atoms with Crippen LogP contribution in [0.4, 0.5) is 0 Å². The van der Waals surface area contributed by atoms with Gasteiger partial charge in [0.05, 0.1) is 5.56 Å². The van der Waals surface area contributed by atoms with E-state index in [-0.39, 0.29) is 5.75 Å². The van der Waals surface area contributed by atoms with Crippen LogP contribution in [-0.4, -0.2) is 20.1 Å². The molecule has 4 heteroatoms. The van der Waals surface area contributed by atoms with Crippen LogP contribution in [0.15, 0.2) is 66.7 Å². The molecule has 0 unspecified atom stereocenters. The van der Waals surface area contributed by atoms with Crippen molar-refractivity contribution in [2.24, 2.45) is 0 Å². The summed E-state index contributed by atoms with van der Waals surface area (Å²) in [6.07, 6.45) is 0. The van der Waals surface area contributed by atoms with Crippen molar-refractivity contribution in [3.05, 3.63) is 83.4 Å². The summed E-state index contributed by atoms with van der Waals surface area (Å²) in [6, 6.07) is 21.5. The molecule has 0 fully saturated rings. The van der Waals surface area contributed by atoms with Gasteiger partial charge >= 0.3 is 0 Å². The zero-order valence-corrected chi connectivity index (χ0v) is 16.1. The van der Waals surface area contributed by atoms with E-state index in [9.17, 15) is 5.11 Å². The number of hydrogen-bond acceptors (Lipinski definition) is 4. The van der Waals surface area contributed by atoms with Crippen LogP contribution < -0.4 is 0 Å². The van der Waals surface area contributed by atoms with E-state index in [1.807, 2.05) is 55.5 Å². The topological polar surface area (TPSA) is 58.9 Å². The SMILES string of the molecule is Cc1ccc(-c2nc(-c3ccccc3)nc(-c3ccc(C)cc3O)n2)c(C)c1. The van der Waals surface area contributed by atoms with Crippen LogP contribution in [0, 0.1) is 20.8 Å². The van der Waals surface area contributed by atoms with Gasteiger partial charge in [-0.05, 0) is 44.0 Å². The highest BCUT2D eigenvalue weighted by atomic mass is 16.3. The fourth-order valence-electron chi connectivity index (χ4n) is 3.23. The zero-order chi connectivity index (χ0) is 19.7. The Labute approximate surface area is 164 Å². The Kier molecular flexibility index (Phi) is 4.62. The van der Waals surface area contributed by atoms with Crippen molar-refractivity contribution < 1.29 is 5.11 Å². The van der Waals surface area contributed by atoms with Gasteiger partial charge in [-0.2, -0.15) is 0 Å². The van der Waals surface area contributed by atoms with Gasteiger partial charge in [-0.25, -0.2) is 15.0 Å². The Morgan fingerprint density at radius 3 is 1.82 bits per heavy atom. The van der Waals surface area contributed by atoms with Gasteiger partial charge in [0.15, 0.2) is 17.5 Å². The maximum absolute atomic E-state index is 10.5. The normalized spacial score (nSPS) is 10.8. The number of aromatic nitrogens is 3. The first-order valence-electron chi connectivity index (χ1n) is 9.20. The van der Waals surface area contributed by atoms with E-state index < -0.39 is 0 Å². The van der Waals surface area contributed by atoms with Crippen LogP contribution in [-0.2, 0) is 0 Å². The van der Waals surface area contributed by atoms with Crippen LogP contribution in [0.2, 0.25) is 0 Å². The van der Waals surface area contributed by atoms with Gasteiger partial charge in [-0.1, -0.05) is 60.2 Å². The van der Waals surface area contributed by atoms with E-state index in [1.165, 1.54) is 5.56 Å². The number of phenolic OH excluding ortho intramolecular Hbond substituents is 1. The summed E-state index contributed by atoms with van der Waals surface area (Å²) < 4.78 is 0. The van der Waals surface area contributed by atoms with E-state index in [0.717, 1.165) is 22.3 Å². The Balaban J connectivity index is 1.96. The van der Waals surface area contributed by atoms with Gasteiger partial charge in [0.2, 0.25) is 0 Å². The van der Waals surface area contributed by atoms with Crippen molar-refractivity contribution in [2.45, 2.75) is 20.8 Å². The number of phenols is 1. The highest BCUT2D eigenvalue weighted by Crippen LogP contribution is 2.31. The van der Waals surface area contributed by atoms with E-state index in [0.29, 0.717) is 23.0 Å². The molecule has 0 amide bonds. The third kappa shape index (κ3) is 3.49. The van der Waals surface area contributed by atoms with Crippen molar-refractivity contribution in [1.82, 2.24) is 15.0 Å². The molecule has 4 nitrogen and oxygen atoms in total. The predicted octanol–water partition coefficient (Wildman–Crippen LogP) is 5.50. The van der Waals surface area contributed by atoms with Crippen molar-refractivity contribution in [3.63, 3.8) is 0 Å². The monoisotopic (exact) mass is 367 g/mol. The van der Waals surface area contributed by atoms with Crippen LogP contribution in [0.3, 0.4) is 0 Å². The lowest BCUT2D eigenvalue weighted by Crippen LogP contribution is -2.01. The molecule has 0 aliphatic rings. The van der Waals surface area contributed by atoms with Gasteiger partial charge in [0.25, 0.3) is 0 Å². The molecule has 1 N–H and O–H groups in total. The Morgan fingerprint density at radius 1 is 0.607 bits per heavy atom. The fourth-order valence-corrected chi connectivity index (χ4v) is 3.23. The molecule has 4 aromatic rings. The average molecular weight is 367 g/mol. The summed E-state index contributed by atoms with van der Waals surface area (Å²) >= 11 is 0. The number of benzene rings is 3. The van der Waals surface area contributed by atoms with Crippen molar-refractivity contribution in [1.29, 1.82) is 0 Å². The predicted molar refractivity (Wildman–Crippen MR) is 112 cm³/mol. The second-order valence-electron chi connectivity index (χ2n) is 7.01. The lowest BCUT2D eigenvalue weighted by Gasteiger charge is -2.11. The second-order valence-corrected chi connectivity index (χ2v) is 7.01. The molecule has 0 spiro atoms. The smallest absolute Gasteiger partial charge is 0.167 e. The maximum Gasteiger partial charge on any atom is 0.167 e. The molecule has 0 aliphatic heterocycles. The molecular formula is C24H21N3O. The molecule has 0 radical (unpaired) electrons. The molecule has 4 rings (SSSR count). The van der Waals surface area contributed by atoms with Crippen LogP contribution >= 0.6 is 0 Å². The van der Waals surface area contributed by atoms with Crippen LogP contribution in [0.25, 0.3) is 34.2 Å². The van der Waals surface area contributed by atoms with Gasteiger partial charge in [0.1, 0.15) is 5.75 Å². The standard InChI is InChI=1S/C24H21N3O/c1-15-9-11-19(17(3)13-15)23-25-22(18-7-5-4-6-8-18)26-24(27-23)20-12-10-16(2)14-21(20)28/h4-14,28H,1-3H3. The number of aryl methyl sites for hydroxylation is 3. The maximum atomic E-state index is 10.5. The van der Waals surface area contributed by atoms with Crippen LogP contribution in [0.5, 0.6) is 5.75 Å². The minimum atomic E-state index is 0.164. The first-order chi connectivity index (χ1) is 13.5. The fraction of sp³-hybridized carbons (Fsp3) is 0.125.